The van der Waals surface area contributed by atoms with E-state index in [1.165, 1.54) is 16.3 Å². The van der Waals surface area contributed by atoms with Crippen molar-refractivity contribution >= 4 is 40.5 Å². The number of nitrogens with two attached hydrogens (primary N) is 1. The molecule has 5 heterocycles. The van der Waals surface area contributed by atoms with E-state index in [9.17, 15) is 23.6 Å². The number of halogens is 1. The molecule has 15 nitrogen and oxygen atoms in total. The van der Waals surface area contributed by atoms with E-state index in [1.54, 1.807) is 35.6 Å². The highest BCUT2D eigenvalue weighted by atomic mass is 19.1. The highest BCUT2D eigenvalue weighted by molar-refractivity contribution is 5.95. The SMILES string of the molecule is C/C=C\CCC(C(=O)NC)n1c(=O)n(C)c2cc(CCCCCCCC=O)ccc21.CN1CCC(n2cc(-c3cnn4c(C(=O)N[C@@H]5C[C@@H]5F)cnc4c3N)cn2)CC1. The zero-order valence-electron chi connectivity index (χ0n) is 34.6. The van der Waals surface area contributed by atoms with Gasteiger partial charge in [0.1, 0.15) is 18.5 Å². The number of aldehydes is 1. The van der Waals surface area contributed by atoms with E-state index < -0.39 is 24.2 Å². The van der Waals surface area contributed by atoms with Gasteiger partial charge in [-0.25, -0.2) is 18.7 Å². The largest absolute Gasteiger partial charge is 0.395 e. The van der Waals surface area contributed by atoms with Gasteiger partial charge in [0.15, 0.2) is 11.3 Å². The van der Waals surface area contributed by atoms with Crippen molar-refractivity contribution in [3.63, 3.8) is 0 Å². The van der Waals surface area contributed by atoms with E-state index in [-0.39, 0.29) is 17.3 Å². The fraction of sp³-hybridized carbons (Fsp3) is 0.512. The van der Waals surface area contributed by atoms with Crippen LogP contribution < -0.4 is 22.1 Å². The van der Waals surface area contributed by atoms with E-state index >= 15 is 0 Å². The summed E-state index contributed by atoms with van der Waals surface area (Å²) in [6.07, 6.45) is 21.7. The van der Waals surface area contributed by atoms with Crippen molar-refractivity contribution < 1.29 is 18.8 Å². The number of alkyl halides is 1. The molecule has 59 heavy (non-hydrogen) atoms. The number of aryl methyl sites for hydroxylation is 2. The second-order valence-electron chi connectivity index (χ2n) is 15.7. The van der Waals surface area contributed by atoms with Gasteiger partial charge in [0.25, 0.3) is 5.91 Å². The number of likely N-dealkylation sites (N-methyl/N-ethyl adjacent to an activating group) is 1. The average Bonchev–Trinajstić information content (AvgIpc) is 3.56. The van der Waals surface area contributed by atoms with Gasteiger partial charge in [-0.3, -0.25) is 23.4 Å². The number of aromatic nitrogens is 7. The lowest BCUT2D eigenvalue weighted by atomic mass is 10.0. The maximum atomic E-state index is 13.1. The van der Waals surface area contributed by atoms with Gasteiger partial charge in [0, 0.05) is 44.3 Å². The number of nitrogens with one attached hydrogen (secondary N) is 2. The summed E-state index contributed by atoms with van der Waals surface area (Å²) in [4.78, 5) is 54.8. The number of anilines is 1. The van der Waals surface area contributed by atoms with Gasteiger partial charge in [-0.1, -0.05) is 37.5 Å². The van der Waals surface area contributed by atoms with Crippen molar-refractivity contribution in [3.8, 4) is 11.1 Å². The first-order valence-corrected chi connectivity index (χ1v) is 20.8. The van der Waals surface area contributed by atoms with E-state index in [2.05, 4.69) is 49.9 Å². The number of carbonyl (C=O) groups is 3. The van der Waals surface area contributed by atoms with Gasteiger partial charge >= 0.3 is 5.69 Å². The van der Waals surface area contributed by atoms with Crippen LogP contribution in [-0.2, 0) is 23.1 Å². The Bertz CT molecular complexity index is 2320. The Morgan fingerprint density at radius 2 is 1.76 bits per heavy atom. The quantitative estimate of drug-likeness (QED) is 0.0635. The zero-order valence-corrected chi connectivity index (χ0v) is 34.6. The van der Waals surface area contributed by atoms with Gasteiger partial charge in [0.2, 0.25) is 5.91 Å². The number of benzene rings is 1. The molecule has 7 rings (SSSR count). The molecule has 0 spiro atoms. The molecule has 1 aliphatic carbocycles. The number of rotatable bonds is 17. The van der Waals surface area contributed by atoms with Crippen LogP contribution >= 0.6 is 0 Å². The number of hydrogen-bond donors (Lipinski definition) is 3. The van der Waals surface area contributed by atoms with Crippen LogP contribution in [0.25, 0.3) is 27.8 Å². The molecule has 1 aromatic carbocycles. The lowest BCUT2D eigenvalue weighted by molar-refractivity contribution is -0.124. The van der Waals surface area contributed by atoms with Crippen LogP contribution in [0, 0.1) is 0 Å². The van der Waals surface area contributed by atoms with E-state index in [4.69, 9.17) is 5.73 Å². The predicted octanol–water partition coefficient (Wildman–Crippen LogP) is 5.35. The molecule has 2 aliphatic rings. The molecule has 2 amide bonds. The van der Waals surface area contributed by atoms with Crippen molar-refractivity contribution in [1.82, 2.24) is 49.0 Å². The van der Waals surface area contributed by atoms with Crippen molar-refractivity contribution in [3.05, 3.63) is 76.9 Å². The molecule has 3 atom stereocenters. The monoisotopic (exact) mass is 811 g/mol. The van der Waals surface area contributed by atoms with Crippen molar-refractivity contribution in [2.24, 2.45) is 7.05 Å². The lowest BCUT2D eigenvalue weighted by Gasteiger charge is -2.28. The first kappa shape index (κ1) is 43.0. The molecule has 16 heteroatoms. The van der Waals surface area contributed by atoms with Crippen molar-refractivity contribution in [2.75, 3.05) is 32.9 Å². The number of likely N-dealkylation sites (tertiary alicyclic amines) is 1. The van der Waals surface area contributed by atoms with E-state index in [0.717, 1.165) is 99.3 Å². The molecular weight excluding hydrogens is 754 g/mol. The summed E-state index contributed by atoms with van der Waals surface area (Å²) in [5.41, 5.74) is 11.7. The molecule has 0 bridgehead atoms. The van der Waals surface area contributed by atoms with Crippen LogP contribution in [0.15, 0.2) is 59.9 Å². The van der Waals surface area contributed by atoms with Gasteiger partial charge < -0.3 is 26.1 Å². The molecule has 1 unspecified atom stereocenters. The lowest BCUT2D eigenvalue weighted by Crippen LogP contribution is -2.35. The third-order valence-corrected chi connectivity index (χ3v) is 11.5. The molecule has 5 aromatic rings. The summed E-state index contributed by atoms with van der Waals surface area (Å²) in [6, 6.07) is 5.54. The van der Waals surface area contributed by atoms with Crippen LogP contribution in [0.2, 0.25) is 0 Å². The van der Waals surface area contributed by atoms with Crippen LogP contribution in [0.1, 0.15) is 106 Å². The van der Waals surface area contributed by atoms with Gasteiger partial charge in [-0.05, 0) is 89.7 Å². The van der Waals surface area contributed by atoms with Crippen LogP contribution in [0.3, 0.4) is 0 Å². The maximum Gasteiger partial charge on any atom is 0.329 e. The number of nitrogens with zero attached hydrogens (tertiary/aromatic N) is 8. The second kappa shape index (κ2) is 19.9. The first-order valence-electron chi connectivity index (χ1n) is 20.8. The Balaban J connectivity index is 0.000000198. The Hall–Kier alpha value is -5.64. The van der Waals surface area contributed by atoms with Crippen molar-refractivity contribution in [1.29, 1.82) is 0 Å². The number of imidazole rings is 2. The zero-order chi connectivity index (χ0) is 42.1. The molecule has 316 valence electrons. The third-order valence-electron chi connectivity index (χ3n) is 11.5. The number of fused-ring (bicyclic) bond motifs is 2. The predicted molar refractivity (Wildman–Crippen MR) is 227 cm³/mol. The number of nitrogen functional groups attached to an aromatic ring is 1. The maximum absolute atomic E-state index is 13.1. The standard InChI is InChI=1S/C24H35N3O3.C19H23FN8O/c1-4-5-10-14-21(23(29)25-2)27-20-16-15-19(18-22(20)26(3)24(27)30)13-11-8-6-7-9-12-17-28;1-26-4-2-12(3-5-26)27-10-11(7-23-27)13-8-24-28-16(9-22-18(28)17(13)21)19(29)25-15-6-14(15)20/h4-5,15-18,21H,6-14H2,1-3H3,(H,25,29);7-10,12,14-15H,2-6,21H2,1H3,(H,25,29)/b5-4-;/t;14-,15+/m.0/s1. The number of allylic oxidation sites excluding steroid dienone is 2. The summed E-state index contributed by atoms with van der Waals surface area (Å²) in [5.74, 6) is -0.551. The minimum atomic E-state index is -0.969. The smallest absolute Gasteiger partial charge is 0.329 e. The van der Waals surface area contributed by atoms with Crippen molar-refractivity contribution in [2.45, 2.75) is 108 Å². The molecule has 4 N–H and O–H groups in total. The van der Waals surface area contributed by atoms with Crippen LogP contribution in [0.4, 0.5) is 10.1 Å². The minimum Gasteiger partial charge on any atom is -0.395 e. The Morgan fingerprint density at radius 3 is 2.47 bits per heavy atom. The van der Waals surface area contributed by atoms with Crippen LogP contribution in [0.5, 0.6) is 0 Å². The Morgan fingerprint density at radius 1 is 1.02 bits per heavy atom. The molecule has 4 aromatic heterocycles. The molecule has 1 saturated heterocycles. The minimum absolute atomic E-state index is 0.146. The molecule has 2 fully saturated rings. The summed E-state index contributed by atoms with van der Waals surface area (Å²) < 4.78 is 19.7. The molecule has 1 saturated carbocycles. The fourth-order valence-corrected chi connectivity index (χ4v) is 7.75. The number of unbranched alkanes of at least 4 members (excludes halogenated alkanes) is 5. The summed E-state index contributed by atoms with van der Waals surface area (Å²) in [5, 5.41) is 14.2. The number of carbonyl (C=O) groups excluding carboxylic acids is 3. The summed E-state index contributed by atoms with van der Waals surface area (Å²) in [6.45, 7) is 4.06. The third kappa shape index (κ3) is 10.2. The number of hydrogen-bond acceptors (Lipinski definition) is 9. The van der Waals surface area contributed by atoms with E-state index in [1.807, 2.05) is 36.0 Å². The molecular formula is C43H58FN11O4. The number of piperidine rings is 1. The van der Waals surface area contributed by atoms with E-state index in [0.29, 0.717) is 36.6 Å². The Labute approximate surface area is 343 Å². The van der Waals surface area contributed by atoms with Crippen LogP contribution in [-0.4, -0.2) is 95.9 Å². The van der Waals surface area contributed by atoms with Gasteiger partial charge in [-0.15, -0.1) is 0 Å². The normalized spacial score (nSPS) is 17.6. The topological polar surface area (TPSA) is 179 Å². The Kier molecular flexibility index (Phi) is 14.5. The number of amides is 2. The second-order valence-corrected chi connectivity index (χ2v) is 15.7. The highest BCUT2D eigenvalue weighted by Crippen LogP contribution is 2.31. The fourth-order valence-electron chi connectivity index (χ4n) is 7.75. The first-order chi connectivity index (χ1) is 28.6. The van der Waals surface area contributed by atoms with Gasteiger partial charge in [-0.2, -0.15) is 10.2 Å². The summed E-state index contributed by atoms with van der Waals surface area (Å²) >= 11 is 0. The average molecular weight is 812 g/mol. The highest BCUT2D eigenvalue weighted by Gasteiger charge is 2.39. The summed E-state index contributed by atoms with van der Waals surface area (Å²) in [7, 11) is 5.51. The molecule has 0 radical (unpaired) electrons. The van der Waals surface area contributed by atoms with Gasteiger partial charge in [0.05, 0.1) is 47.4 Å². The molecule has 1 aliphatic heterocycles.